The van der Waals surface area contributed by atoms with E-state index in [0.29, 0.717) is 18.8 Å². The van der Waals surface area contributed by atoms with Gasteiger partial charge in [0.25, 0.3) is 11.1 Å². The van der Waals surface area contributed by atoms with Gasteiger partial charge in [-0.25, -0.2) is 0 Å². The summed E-state index contributed by atoms with van der Waals surface area (Å²) in [5.74, 6) is -0.0213. The molecule has 9 heteroatoms. The summed E-state index contributed by atoms with van der Waals surface area (Å²) in [7, 11) is 1.57. The van der Waals surface area contributed by atoms with Crippen molar-refractivity contribution >= 4 is 80.1 Å². The molecular weight excluding hydrogens is 642 g/mol. The summed E-state index contributed by atoms with van der Waals surface area (Å²) < 4.78 is 7.38. The van der Waals surface area contributed by atoms with Crippen LogP contribution in [0.2, 0.25) is 0 Å². The number of hydrogen-bond acceptors (Lipinski definition) is 5. The van der Waals surface area contributed by atoms with Crippen molar-refractivity contribution < 1.29 is 19.1 Å². The number of carbonyl (C=O) groups excluding carboxylic acids is 3. The van der Waals surface area contributed by atoms with Gasteiger partial charge in [0.1, 0.15) is 12.3 Å². The highest BCUT2D eigenvalue weighted by Gasteiger charge is 2.37. The Hall–Kier alpha value is -1.60. The number of halogens is 2. The van der Waals surface area contributed by atoms with Gasteiger partial charge in [-0.3, -0.25) is 19.3 Å². The fourth-order valence-corrected chi connectivity index (χ4v) is 6.56. The number of rotatable bonds is 4. The molecule has 4 rings (SSSR count). The summed E-state index contributed by atoms with van der Waals surface area (Å²) >= 11 is 5.22. The van der Waals surface area contributed by atoms with Crippen molar-refractivity contribution in [1.82, 2.24) is 9.80 Å². The molecule has 1 saturated heterocycles. The zero-order valence-electron chi connectivity index (χ0n) is 16.6. The van der Waals surface area contributed by atoms with Crippen LogP contribution in [0.4, 0.5) is 4.79 Å². The smallest absolute Gasteiger partial charge is 0.294 e. The van der Waals surface area contributed by atoms with E-state index in [1.165, 1.54) is 5.56 Å². The number of benzene rings is 2. The molecule has 6 nitrogen and oxygen atoms in total. The van der Waals surface area contributed by atoms with Crippen molar-refractivity contribution in [2.24, 2.45) is 0 Å². The zero-order valence-corrected chi connectivity index (χ0v) is 21.7. The van der Waals surface area contributed by atoms with E-state index >= 15 is 0 Å². The summed E-state index contributed by atoms with van der Waals surface area (Å²) in [5, 5.41) is -0.429. The molecule has 0 radical (unpaired) electrons. The molecule has 2 aromatic rings. The molecule has 3 amide bonds. The predicted octanol–water partition coefficient (Wildman–Crippen LogP) is 4.53. The van der Waals surface area contributed by atoms with Crippen LogP contribution in [0.15, 0.2) is 41.3 Å². The molecule has 0 saturated carbocycles. The first-order valence-corrected chi connectivity index (χ1v) is 12.5. The molecule has 1 fully saturated rings. The van der Waals surface area contributed by atoms with Crippen LogP contribution >= 0.6 is 56.9 Å². The van der Waals surface area contributed by atoms with Crippen LogP contribution in [0.25, 0.3) is 6.08 Å². The Bertz CT molecular complexity index is 1120. The topological polar surface area (TPSA) is 66.9 Å². The minimum atomic E-state index is -0.448. The number of thioether (sulfide) groups is 1. The summed E-state index contributed by atoms with van der Waals surface area (Å²) in [6, 6.07) is 11.9. The van der Waals surface area contributed by atoms with E-state index in [-0.39, 0.29) is 17.4 Å². The van der Waals surface area contributed by atoms with Crippen molar-refractivity contribution in [3.05, 3.63) is 65.1 Å². The summed E-state index contributed by atoms with van der Waals surface area (Å²) in [6.45, 7) is 0.838. The molecule has 2 heterocycles. The van der Waals surface area contributed by atoms with Crippen LogP contribution in [0.1, 0.15) is 16.7 Å². The van der Waals surface area contributed by atoms with Gasteiger partial charge in [0.2, 0.25) is 5.91 Å². The predicted molar refractivity (Wildman–Crippen MR) is 137 cm³/mol. The largest absolute Gasteiger partial charge is 0.495 e. The van der Waals surface area contributed by atoms with Gasteiger partial charge in [-0.2, -0.15) is 0 Å². The lowest BCUT2D eigenvalue weighted by atomic mass is 10.00. The number of hydrogen-bond donors (Lipinski definition) is 0. The van der Waals surface area contributed by atoms with Gasteiger partial charge < -0.3 is 9.64 Å². The van der Waals surface area contributed by atoms with Gasteiger partial charge in [0.05, 0.1) is 15.6 Å². The van der Waals surface area contributed by atoms with Crippen molar-refractivity contribution in [2.45, 2.75) is 13.0 Å². The lowest BCUT2D eigenvalue weighted by Crippen LogP contribution is -2.44. The van der Waals surface area contributed by atoms with Crippen molar-refractivity contribution in [2.75, 3.05) is 20.2 Å². The summed E-state index contributed by atoms with van der Waals surface area (Å²) in [5.41, 5.74) is 3.07. The number of amides is 3. The number of carbonyl (C=O) groups is 3. The van der Waals surface area contributed by atoms with Crippen LogP contribution in [0.3, 0.4) is 0 Å². The third kappa shape index (κ3) is 4.77. The first-order valence-electron chi connectivity index (χ1n) is 9.50. The minimum Gasteiger partial charge on any atom is -0.495 e. The Morgan fingerprint density at radius 3 is 2.68 bits per heavy atom. The van der Waals surface area contributed by atoms with Crippen LogP contribution in [-0.2, 0) is 22.6 Å². The van der Waals surface area contributed by atoms with E-state index < -0.39 is 11.1 Å². The normalized spacial score (nSPS) is 17.3. The highest BCUT2D eigenvalue weighted by atomic mass is 127. The number of imide groups is 1. The Morgan fingerprint density at radius 1 is 1.19 bits per heavy atom. The molecule has 2 aromatic carbocycles. The molecule has 0 unspecified atom stereocenters. The molecule has 0 aromatic heterocycles. The first kappa shape index (κ1) is 22.6. The highest BCUT2D eigenvalue weighted by Crippen LogP contribution is 2.36. The van der Waals surface area contributed by atoms with E-state index in [4.69, 9.17) is 4.74 Å². The second-order valence-corrected chi connectivity index (χ2v) is 10.5. The first-order chi connectivity index (χ1) is 14.9. The second kappa shape index (κ2) is 9.49. The fourth-order valence-electron chi connectivity index (χ4n) is 3.62. The standard InChI is InChI=1S/C22H18I2N2O4S/c1-30-20-15(8-16(23)10-17(20)24)9-18-21(28)26(22(29)31-18)12-19(27)25-7-6-13-4-2-3-5-14(13)11-25/h2-5,8-10H,6-7,11-12H2,1H3/b18-9+. The molecule has 0 atom stereocenters. The summed E-state index contributed by atoms with van der Waals surface area (Å²) in [6.07, 6.45) is 2.43. The molecule has 160 valence electrons. The number of ether oxygens (including phenoxy) is 1. The van der Waals surface area contributed by atoms with Crippen LogP contribution in [0, 0.1) is 7.14 Å². The quantitative estimate of drug-likeness (QED) is 0.357. The maximum absolute atomic E-state index is 12.9. The lowest BCUT2D eigenvalue weighted by molar-refractivity contribution is -0.136. The van der Waals surface area contributed by atoms with Gasteiger partial charge in [0, 0.05) is 22.2 Å². The molecule has 0 aliphatic carbocycles. The number of methoxy groups -OCH3 is 1. The molecule has 31 heavy (non-hydrogen) atoms. The average molecular weight is 660 g/mol. The van der Waals surface area contributed by atoms with Gasteiger partial charge in [-0.15, -0.1) is 0 Å². The zero-order chi connectivity index (χ0) is 22.1. The third-order valence-electron chi connectivity index (χ3n) is 5.18. The Balaban J connectivity index is 1.51. The molecule has 0 N–H and O–H groups in total. The SMILES string of the molecule is COc1c(I)cc(I)cc1/C=C1/SC(=O)N(CC(=O)N2CCc3ccccc3C2)C1=O. The minimum absolute atomic E-state index is 0.223. The van der Waals surface area contributed by atoms with Crippen LogP contribution in [0.5, 0.6) is 5.75 Å². The van der Waals surface area contributed by atoms with E-state index in [9.17, 15) is 14.4 Å². The second-order valence-electron chi connectivity index (χ2n) is 7.11. The van der Waals surface area contributed by atoms with E-state index in [0.717, 1.165) is 41.3 Å². The molecule has 0 bridgehead atoms. The Morgan fingerprint density at radius 2 is 1.94 bits per heavy atom. The van der Waals surface area contributed by atoms with Gasteiger partial charge in [-0.05, 0) is 92.7 Å². The van der Waals surface area contributed by atoms with Crippen LogP contribution in [-0.4, -0.2) is 47.1 Å². The van der Waals surface area contributed by atoms with Gasteiger partial charge >= 0.3 is 0 Å². The van der Waals surface area contributed by atoms with Crippen LogP contribution < -0.4 is 4.74 Å². The van der Waals surface area contributed by atoms with E-state index in [2.05, 4.69) is 51.2 Å². The average Bonchev–Trinajstić information content (AvgIpc) is 3.00. The molecule has 0 spiro atoms. The summed E-state index contributed by atoms with van der Waals surface area (Å²) in [4.78, 5) is 41.3. The maximum atomic E-state index is 12.9. The highest BCUT2D eigenvalue weighted by molar-refractivity contribution is 14.1. The molecular formula is C22H18I2N2O4S. The van der Waals surface area contributed by atoms with E-state index in [1.807, 2.05) is 30.3 Å². The third-order valence-corrected chi connectivity index (χ3v) is 7.51. The maximum Gasteiger partial charge on any atom is 0.294 e. The van der Waals surface area contributed by atoms with Crippen molar-refractivity contribution in [3.8, 4) is 5.75 Å². The number of fused-ring (bicyclic) bond motifs is 1. The van der Waals surface area contributed by atoms with Gasteiger partial charge in [0.15, 0.2) is 0 Å². The Kier molecular flexibility index (Phi) is 6.92. The monoisotopic (exact) mass is 660 g/mol. The lowest BCUT2D eigenvalue weighted by Gasteiger charge is -2.29. The number of nitrogens with zero attached hydrogens (tertiary/aromatic N) is 2. The fraction of sp³-hybridized carbons (Fsp3) is 0.227. The van der Waals surface area contributed by atoms with Crippen molar-refractivity contribution in [3.63, 3.8) is 0 Å². The Labute approximate surface area is 211 Å². The van der Waals surface area contributed by atoms with Crippen molar-refractivity contribution in [1.29, 1.82) is 0 Å². The molecule has 2 aliphatic heterocycles. The molecule has 2 aliphatic rings. The van der Waals surface area contributed by atoms with E-state index in [1.54, 1.807) is 18.1 Å². The van der Waals surface area contributed by atoms with Gasteiger partial charge in [-0.1, -0.05) is 24.3 Å².